The molecule has 11 atom stereocenters. The first-order chi connectivity index (χ1) is 15.3. The van der Waals surface area contributed by atoms with Crippen LogP contribution in [0.3, 0.4) is 0 Å². The Balaban J connectivity index is 1.36. The molecule has 7 rings (SSSR count). The van der Waals surface area contributed by atoms with Crippen LogP contribution in [0.1, 0.15) is 109 Å². The van der Waals surface area contributed by atoms with E-state index in [1.165, 1.54) is 5.33 Å². The van der Waals surface area contributed by atoms with Crippen LogP contribution in [-0.2, 0) is 0 Å². The van der Waals surface area contributed by atoms with Crippen molar-refractivity contribution in [3.05, 3.63) is 0 Å². The van der Waals surface area contributed by atoms with E-state index in [0.29, 0.717) is 0 Å². The molecule has 0 aromatic heterocycles. The fourth-order valence-electron chi connectivity index (χ4n) is 12.9. The van der Waals surface area contributed by atoms with Gasteiger partial charge in [0.2, 0.25) is 0 Å². The third kappa shape index (κ3) is 2.83. The van der Waals surface area contributed by atoms with Gasteiger partial charge in [0.25, 0.3) is 0 Å². The lowest BCUT2D eigenvalue weighted by atomic mass is 9.51. The molecule has 0 nitrogen and oxygen atoms in total. The van der Waals surface area contributed by atoms with Gasteiger partial charge in [-0.15, -0.1) is 0 Å². The highest BCUT2D eigenvalue weighted by molar-refractivity contribution is 9.09. The predicted molar refractivity (Wildman–Crippen MR) is 133 cm³/mol. The molecule has 7 fully saturated rings. The normalized spacial score (nSPS) is 58.2. The molecule has 0 aromatic carbocycles. The fourth-order valence-corrected chi connectivity index (χ4v) is 13.6. The molecule has 1 heteroatoms. The Morgan fingerprint density at radius 1 is 0.516 bits per heavy atom. The number of rotatable bonds is 1. The minimum atomic E-state index is 0.800. The molecule has 1 spiro atoms. The summed E-state index contributed by atoms with van der Waals surface area (Å²) in [6.45, 7) is 0. The minimum absolute atomic E-state index is 0.800. The number of halogens is 1. The summed E-state index contributed by atoms with van der Waals surface area (Å²) >= 11 is 4.07. The Hall–Kier alpha value is 0.480. The summed E-state index contributed by atoms with van der Waals surface area (Å²) < 4.78 is 0. The van der Waals surface area contributed by atoms with Crippen LogP contribution < -0.4 is 0 Å². The first-order valence-corrected chi connectivity index (χ1v) is 16.0. The Bertz CT molecular complexity index is 647. The number of hydrogen-bond donors (Lipinski definition) is 0. The van der Waals surface area contributed by atoms with Crippen molar-refractivity contribution in [2.24, 2.45) is 70.5 Å². The van der Waals surface area contributed by atoms with Crippen LogP contribution in [0.25, 0.3) is 0 Å². The van der Waals surface area contributed by atoms with Crippen molar-refractivity contribution in [1.29, 1.82) is 0 Å². The van der Waals surface area contributed by atoms with E-state index in [2.05, 4.69) is 15.9 Å². The van der Waals surface area contributed by atoms with Gasteiger partial charge in [0.05, 0.1) is 0 Å². The second-order valence-corrected chi connectivity index (χ2v) is 14.3. The average Bonchev–Trinajstić information content (AvgIpc) is 3.29. The van der Waals surface area contributed by atoms with Crippen molar-refractivity contribution < 1.29 is 0 Å². The standard InChI is InChI=1S/C30H47Br/c31-18-21-10-7-15-27-29(21)24-16-19-8-1-2-9-20(19)17-28(24)30(27)25-13-5-3-11-22(25)23-12-4-6-14-26(23)30/h19-29H,1-18H2/t19-,20?,21?,22?,23?,24+,25?,26?,27?,28?,29?,30?/m1/s1. The Morgan fingerprint density at radius 2 is 1.10 bits per heavy atom. The van der Waals surface area contributed by atoms with Crippen LogP contribution in [-0.4, -0.2) is 5.33 Å². The SMILES string of the molecule is BrCC1CCCC2C1[C@H]1C[C@H]3CCCCC3CC1C21C2CCCCC2C2CCCCC21. The summed E-state index contributed by atoms with van der Waals surface area (Å²) in [7, 11) is 0. The summed E-state index contributed by atoms with van der Waals surface area (Å²) in [6.07, 6.45) is 27.2. The van der Waals surface area contributed by atoms with Gasteiger partial charge in [-0.05, 0) is 122 Å². The molecule has 7 saturated carbocycles. The Kier molecular flexibility index (Phi) is 5.38. The molecule has 0 aromatic rings. The number of hydrogen-bond acceptors (Lipinski definition) is 0. The van der Waals surface area contributed by atoms with Crippen molar-refractivity contribution in [1.82, 2.24) is 0 Å². The summed E-state index contributed by atoms with van der Waals surface area (Å²) in [6, 6.07) is 0. The highest BCUT2D eigenvalue weighted by atomic mass is 79.9. The lowest BCUT2D eigenvalue weighted by Gasteiger charge is -2.53. The molecule has 0 aliphatic heterocycles. The van der Waals surface area contributed by atoms with E-state index < -0.39 is 0 Å². The van der Waals surface area contributed by atoms with Gasteiger partial charge >= 0.3 is 0 Å². The fraction of sp³-hybridized carbons (Fsp3) is 1.00. The summed E-state index contributed by atoms with van der Waals surface area (Å²) in [5, 5.41) is 1.31. The van der Waals surface area contributed by atoms with E-state index in [1.807, 2.05) is 0 Å². The van der Waals surface area contributed by atoms with Crippen LogP contribution >= 0.6 is 15.9 Å². The zero-order valence-corrected chi connectivity index (χ0v) is 21.5. The topological polar surface area (TPSA) is 0 Å². The molecular formula is C30H47Br. The Morgan fingerprint density at radius 3 is 1.77 bits per heavy atom. The quantitative estimate of drug-likeness (QED) is 0.324. The van der Waals surface area contributed by atoms with Crippen molar-refractivity contribution in [2.75, 3.05) is 5.33 Å². The smallest absolute Gasteiger partial charge is 0.00625 e. The molecule has 0 bridgehead atoms. The summed E-state index contributed by atoms with van der Waals surface area (Å²) in [5.74, 6) is 12.3. The monoisotopic (exact) mass is 486 g/mol. The van der Waals surface area contributed by atoms with Crippen molar-refractivity contribution in [2.45, 2.75) is 109 Å². The van der Waals surface area contributed by atoms with E-state index in [4.69, 9.17) is 0 Å². The predicted octanol–water partition coefficient (Wildman–Crippen LogP) is 8.87. The zero-order chi connectivity index (χ0) is 20.6. The van der Waals surface area contributed by atoms with Gasteiger partial charge in [0, 0.05) is 5.33 Å². The maximum atomic E-state index is 4.07. The summed E-state index contributed by atoms with van der Waals surface area (Å²) in [4.78, 5) is 0. The van der Waals surface area contributed by atoms with Crippen LogP contribution in [0.15, 0.2) is 0 Å². The van der Waals surface area contributed by atoms with Gasteiger partial charge in [0.15, 0.2) is 0 Å². The highest BCUT2D eigenvalue weighted by Crippen LogP contribution is 2.78. The second kappa shape index (κ2) is 8.02. The van der Waals surface area contributed by atoms with E-state index >= 15 is 0 Å². The molecule has 9 unspecified atom stereocenters. The van der Waals surface area contributed by atoms with Crippen molar-refractivity contribution in [3.8, 4) is 0 Å². The minimum Gasteiger partial charge on any atom is -0.0925 e. The van der Waals surface area contributed by atoms with Crippen LogP contribution in [0.5, 0.6) is 0 Å². The van der Waals surface area contributed by atoms with Crippen LogP contribution in [0.2, 0.25) is 0 Å². The largest absolute Gasteiger partial charge is 0.0925 e. The van der Waals surface area contributed by atoms with Gasteiger partial charge in [0.1, 0.15) is 0 Å². The molecule has 31 heavy (non-hydrogen) atoms. The number of alkyl halides is 1. The van der Waals surface area contributed by atoms with Crippen molar-refractivity contribution in [3.63, 3.8) is 0 Å². The first kappa shape index (κ1) is 20.8. The maximum Gasteiger partial charge on any atom is 0.00625 e. The van der Waals surface area contributed by atoms with Gasteiger partial charge in [-0.2, -0.15) is 0 Å². The Labute approximate surface area is 200 Å². The molecular weight excluding hydrogens is 440 g/mol. The van der Waals surface area contributed by atoms with Gasteiger partial charge in [-0.25, -0.2) is 0 Å². The maximum absolute atomic E-state index is 4.07. The third-order valence-electron chi connectivity index (χ3n) is 13.3. The molecule has 0 radical (unpaired) electrons. The first-order valence-electron chi connectivity index (χ1n) is 14.9. The zero-order valence-electron chi connectivity index (χ0n) is 20.0. The van der Waals surface area contributed by atoms with Gasteiger partial charge < -0.3 is 0 Å². The summed E-state index contributed by atoms with van der Waals surface area (Å²) in [5.41, 5.74) is 0.800. The van der Waals surface area contributed by atoms with Crippen LogP contribution in [0.4, 0.5) is 0 Å². The molecule has 7 aliphatic rings. The third-order valence-corrected chi connectivity index (χ3v) is 14.1. The lowest BCUT2D eigenvalue weighted by molar-refractivity contribution is -0.0547. The average molecular weight is 488 g/mol. The molecule has 0 amide bonds. The molecule has 174 valence electrons. The second-order valence-electron chi connectivity index (χ2n) is 13.7. The van der Waals surface area contributed by atoms with E-state index in [0.717, 1.165) is 70.5 Å². The van der Waals surface area contributed by atoms with Crippen LogP contribution in [0, 0.1) is 70.5 Å². The molecule has 0 saturated heterocycles. The molecule has 0 heterocycles. The number of fused-ring (bicyclic) bond motifs is 11. The van der Waals surface area contributed by atoms with E-state index in [-0.39, 0.29) is 0 Å². The van der Waals surface area contributed by atoms with E-state index in [1.54, 1.807) is 109 Å². The van der Waals surface area contributed by atoms with Gasteiger partial charge in [-0.1, -0.05) is 73.7 Å². The van der Waals surface area contributed by atoms with E-state index in [9.17, 15) is 0 Å². The molecule has 7 aliphatic carbocycles. The van der Waals surface area contributed by atoms with Gasteiger partial charge in [-0.3, -0.25) is 0 Å². The van der Waals surface area contributed by atoms with Crippen molar-refractivity contribution >= 4 is 15.9 Å². The highest BCUT2D eigenvalue weighted by Gasteiger charge is 2.73. The molecule has 0 N–H and O–H groups in total. The lowest BCUT2D eigenvalue weighted by Crippen LogP contribution is -2.47.